The van der Waals surface area contributed by atoms with Crippen molar-refractivity contribution in [3.63, 3.8) is 0 Å². The second-order valence-corrected chi connectivity index (χ2v) is 8.50. The van der Waals surface area contributed by atoms with E-state index in [9.17, 15) is 35.5 Å². The van der Waals surface area contributed by atoms with Crippen molar-refractivity contribution in [3.8, 4) is 5.75 Å². The van der Waals surface area contributed by atoms with Crippen LogP contribution in [0.15, 0.2) is 72.8 Å². The third-order valence-corrected chi connectivity index (χ3v) is 5.83. The molecule has 2 atom stereocenters. The van der Waals surface area contributed by atoms with E-state index < -0.39 is 47.7 Å². The first-order valence-corrected chi connectivity index (χ1v) is 11.6. The molecule has 3 aromatic rings. The number of benzene rings is 3. The van der Waals surface area contributed by atoms with Crippen LogP contribution >= 0.6 is 0 Å². The molecule has 3 aromatic carbocycles. The predicted octanol–water partition coefficient (Wildman–Crippen LogP) is 6.88. The van der Waals surface area contributed by atoms with E-state index in [2.05, 4.69) is 15.4 Å². The zero-order chi connectivity index (χ0) is 27.9. The zero-order valence-corrected chi connectivity index (χ0v) is 20.2. The molecule has 0 fully saturated rings. The zero-order valence-electron chi connectivity index (χ0n) is 20.2. The number of carbonyl (C=O) groups is 1. The maximum Gasteiger partial charge on any atom is 0.573 e. The summed E-state index contributed by atoms with van der Waals surface area (Å²) < 4.78 is 94.8. The first-order chi connectivity index (χ1) is 17.9. The summed E-state index contributed by atoms with van der Waals surface area (Å²) in [4.78, 5) is 12.7. The molecule has 3 rings (SSSR count). The molecular weight excluding hydrogens is 517 g/mol. The number of halogens is 7. The molecule has 0 saturated carbocycles. The Morgan fingerprint density at radius 2 is 1.55 bits per heavy atom. The average molecular weight is 542 g/mol. The number of alkyl halides is 6. The van der Waals surface area contributed by atoms with Gasteiger partial charge < -0.3 is 10.1 Å². The molecule has 204 valence electrons. The van der Waals surface area contributed by atoms with Crippen molar-refractivity contribution in [1.29, 1.82) is 0 Å². The molecule has 1 amide bonds. The Morgan fingerprint density at radius 3 is 2.13 bits per heavy atom. The summed E-state index contributed by atoms with van der Waals surface area (Å²) >= 11 is 0. The standard InChI is InChI=1S/C27H25F7N2O2/c1-35-25(37)24(18-7-3-2-4-8-18)36-22(19-12-15-21(28)23(16-19)38-27(32,33)34)9-5-6-17-10-13-20(14-11-17)26(29,30)31/h2-4,7-8,10-16,22,24,36H,5-6,9H2,1H3,(H,35,37)/t22-,24+/m0/s1. The van der Waals surface area contributed by atoms with E-state index in [0.29, 0.717) is 24.0 Å². The molecule has 0 heterocycles. The highest BCUT2D eigenvalue weighted by atomic mass is 19.4. The van der Waals surface area contributed by atoms with E-state index in [4.69, 9.17) is 0 Å². The molecule has 0 bridgehead atoms. The molecule has 0 spiro atoms. The molecule has 4 nitrogen and oxygen atoms in total. The van der Waals surface area contributed by atoms with Gasteiger partial charge in [0.25, 0.3) is 0 Å². The normalized spacial score (nSPS) is 13.6. The Bertz CT molecular complexity index is 1200. The van der Waals surface area contributed by atoms with E-state index in [1.54, 1.807) is 30.3 Å². The van der Waals surface area contributed by atoms with Gasteiger partial charge in [-0.15, -0.1) is 13.2 Å². The molecule has 0 aliphatic carbocycles. The van der Waals surface area contributed by atoms with Gasteiger partial charge >= 0.3 is 12.5 Å². The molecule has 0 aromatic heterocycles. The topological polar surface area (TPSA) is 50.4 Å². The molecule has 0 saturated heterocycles. The van der Waals surface area contributed by atoms with Crippen LogP contribution in [-0.4, -0.2) is 19.3 Å². The number of carbonyl (C=O) groups excluding carboxylic acids is 1. The predicted molar refractivity (Wildman–Crippen MR) is 127 cm³/mol. The highest BCUT2D eigenvalue weighted by Gasteiger charge is 2.33. The highest BCUT2D eigenvalue weighted by Crippen LogP contribution is 2.32. The van der Waals surface area contributed by atoms with Gasteiger partial charge in [-0.05, 0) is 60.2 Å². The Kier molecular flexibility index (Phi) is 9.37. The molecular formula is C27H25F7N2O2. The Labute approximate surface area is 214 Å². The summed E-state index contributed by atoms with van der Waals surface area (Å²) in [6.07, 6.45) is -8.55. The van der Waals surface area contributed by atoms with Crippen molar-refractivity contribution < 1.29 is 40.3 Å². The fourth-order valence-electron chi connectivity index (χ4n) is 3.97. The van der Waals surface area contributed by atoms with Crippen LogP contribution in [0, 0.1) is 5.82 Å². The molecule has 0 unspecified atom stereocenters. The first kappa shape index (κ1) is 29.0. The molecule has 0 radical (unpaired) electrons. The first-order valence-electron chi connectivity index (χ1n) is 11.6. The number of ether oxygens (including phenoxy) is 1. The van der Waals surface area contributed by atoms with Crippen LogP contribution in [0.4, 0.5) is 30.7 Å². The molecule has 0 aliphatic heterocycles. The SMILES string of the molecule is CNC(=O)[C@H](N[C@@H](CCCc1ccc(C(F)(F)F)cc1)c1ccc(F)c(OC(F)(F)F)c1)c1ccccc1. The van der Waals surface area contributed by atoms with Crippen molar-refractivity contribution >= 4 is 5.91 Å². The summed E-state index contributed by atoms with van der Waals surface area (Å²) in [5.41, 5.74) is 0.680. The summed E-state index contributed by atoms with van der Waals surface area (Å²) in [5.74, 6) is -2.63. The van der Waals surface area contributed by atoms with E-state index in [-0.39, 0.29) is 12.0 Å². The largest absolute Gasteiger partial charge is 0.573 e. The van der Waals surface area contributed by atoms with Gasteiger partial charge in [-0.2, -0.15) is 13.2 Å². The fraction of sp³-hybridized carbons (Fsp3) is 0.296. The minimum absolute atomic E-state index is 0.239. The van der Waals surface area contributed by atoms with E-state index in [0.717, 1.165) is 24.3 Å². The van der Waals surface area contributed by atoms with E-state index in [1.807, 2.05) is 0 Å². The number of likely N-dealkylation sites (N-methyl/N-ethyl adjacent to an activating group) is 1. The van der Waals surface area contributed by atoms with Crippen molar-refractivity contribution in [2.24, 2.45) is 0 Å². The van der Waals surface area contributed by atoms with Crippen LogP contribution in [0.2, 0.25) is 0 Å². The fourth-order valence-corrected chi connectivity index (χ4v) is 3.97. The van der Waals surface area contributed by atoms with Crippen LogP contribution in [0.5, 0.6) is 5.75 Å². The number of rotatable bonds is 10. The molecule has 2 N–H and O–H groups in total. The van der Waals surface area contributed by atoms with Gasteiger partial charge in [0.15, 0.2) is 11.6 Å². The van der Waals surface area contributed by atoms with Crippen molar-refractivity contribution in [2.75, 3.05) is 7.05 Å². The van der Waals surface area contributed by atoms with Crippen molar-refractivity contribution in [2.45, 2.75) is 43.9 Å². The van der Waals surface area contributed by atoms with E-state index >= 15 is 0 Å². The van der Waals surface area contributed by atoms with Gasteiger partial charge in [-0.25, -0.2) is 4.39 Å². The Balaban J connectivity index is 1.87. The third-order valence-electron chi connectivity index (χ3n) is 5.83. The second-order valence-electron chi connectivity index (χ2n) is 8.50. The highest BCUT2D eigenvalue weighted by molar-refractivity contribution is 5.83. The second kappa shape index (κ2) is 12.3. The van der Waals surface area contributed by atoms with Crippen LogP contribution < -0.4 is 15.4 Å². The van der Waals surface area contributed by atoms with Crippen molar-refractivity contribution in [1.82, 2.24) is 10.6 Å². The van der Waals surface area contributed by atoms with Crippen LogP contribution in [0.25, 0.3) is 0 Å². The number of hydrogen-bond acceptors (Lipinski definition) is 3. The number of nitrogens with one attached hydrogen (secondary N) is 2. The summed E-state index contributed by atoms with van der Waals surface area (Å²) in [5, 5.41) is 5.69. The number of amides is 1. The maximum absolute atomic E-state index is 14.1. The summed E-state index contributed by atoms with van der Waals surface area (Å²) in [6, 6.07) is 14.7. The Hall–Kier alpha value is -3.60. The average Bonchev–Trinajstić information content (AvgIpc) is 2.86. The van der Waals surface area contributed by atoms with Gasteiger partial charge in [-0.1, -0.05) is 48.5 Å². The lowest BCUT2D eigenvalue weighted by atomic mass is 9.96. The van der Waals surface area contributed by atoms with Gasteiger partial charge in [0.2, 0.25) is 5.91 Å². The molecule has 38 heavy (non-hydrogen) atoms. The Morgan fingerprint density at radius 1 is 0.895 bits per heavy atom. The minimum Gasteiger partial charge on any atom is -0.403 e. The minimum atomic E-state index is -5.11. The lowest BCUT2D eigenvalue weighted by molar-refractivity contribution is -0.275. The van der Waals surface area contributed by atoms with E-state index in [1.165, 1.54) is 25.2 Å². The smallest absolute Gasteiger partial charge is 0.403 e. The van der Waals surface area contributed by atoms with Gasteiger partial charge in [0.1, 0.15) is 6.04 Å². The monoisotopic (exact) mass is 542 g/mol. The summed E-state index contributed by atoms with van der Waals surface area (Å²) in [7, 11) is 1.44. The van der Waals surface area contributed by atoms with Crippen LogP contribution in [-0.2, 0) is 17.4 Å². The van der Waals surface area contributed by atoms with Crippen molar-refractivity contribution in [3.05, 3.63) is 101 Å². The van der Waals surface area contributed by atoms with Crippen LogP contribution in [0.3, 0.4) is 0 Å². The number of aryl methyl sites for hydroxylation is 1. The van der Waals surface area contributed by atoms with Gasteiger partial charge in [0.05, 0.1) is 5.56 Å². The lowest BCUT2D eigenvalue weighted by Crippen LogP contribution is -2.38. The molecule has 0 aliphatic rings. The van der Waals surface area contributed by atoms with Gasteiger partial charge in [0, 0.05) is 13.1 Å². The lowest BCUT2D eigenvalue weighted by Gasteiger charge is -2.26. The summed E-state index contributed by atoms with van der Waals surface area (Å²) in [6.45, 7) is 0. The number of hydrogen-bond donors (Lipinski definition) is 2. The third kappa shape index (κ3) is 8.20. The van der Waals surface area contributed by atoms with Gasteiger partial charge in [-0.3, -0.25) is 10.1 Å². The van der Waals surface area contributed by atoms with Crippen LogP contribution in [0.1, 0.15) is 47.2 Å². The molecule has 11 heteroatoms. The quantitative estimate of drug-likeness (QED) is 0.275. The maximum atomic E-state index is 14.1.